The maximum atomic E-state index is 6.30. The zero-order valence-electron chi connectivity index (χ0n) is 20.0. The normalized spacial score (nSPS) is 15.2. The molecule has 0 saturated heterocycles. The summed E-state index contributed by atoms with van der Waals surface area (Å²) in [6.07, 6.45) is 7.54. The largest absolute Gasteiger partial charge is 0.383 e. The van der Waals surface area contributed by atoms with E-state index in [0.717, 1.165) is 60.0 Å². The SMILES string of the molecule is CCN(CC)C1CCc2cc(-n3c(-c4cccnc4N)nc4ccc(-n5cccn5)nc43)ccc21. The summed E-state index contributed by atoms with van der Waals surface area (Å²) in [7, 11) is 0. The molecule has 0 amide bonds. The third-order valence-electron chi connectivity index (χ3n) is 6.99. The van der Waals surface area contributed by atoms with Gasteiger partial charge in [0.1, 0.15) is 11.3 Å². The molecule has 176 valence electrons. The zero-order chi connectivity index (χ0) is 23.9. The van der Waals surface area contributed by atoms with E-state index in [4.69, 9.17) is 15.7 Å². The lowest BCUT2D eigenvalue weighted by molar-refractivity contribution is 0.218. The van der Waals surface area contributed by atoms with Crippen LogP contribution in [0.5, 0.6) is 0 Å². The molecule has 0 aliphatic heterocycles. The Morgan fingerprint density at radius 2 is 1.91 bits per heavy atom. The van der Waals surface area contributed by atoms with Crippen LogP contribution in [0, 0.1) is 0 Å². The summed E-state index contributed by atoms with van der Waals surface area (Å²) < 4.78 is 3.85. The number of nitrogen functional groups attached to an aromatic ring is 1. The standard InChI is InChI=1S/C27H28N8/c1-3-33(4-2)23-12-8-18-17-19(9-10-20(18)23)35-26(21-7-5-14-29-25(21)28)31-22-11-13-24(32-27(22)35)34-16-6-15-30-34/h5-7,9-11,13-17,23H,3-4,8,12H2,1-2H3,(H2,28,29). The maximum Gasteiger partial charge on any atom is 0.167 e. The number of rotatable bonds is 6. The molecule has 0 radical (unpaired) electrons. The highest BCUT2D eigenvalue weighted by Gasteiger charge is 2.27. The van der Waals surface area contributed by atoms with E-state index in [2.05, 4.69) is 51.6 Å². The average molecular weight is 465 g/mol. The second kappa shape index (κ2) is 8.63. The Kier molecular flexibility index (Phi) is 5.30. The molecule has 1 aromatic carbocycles. The summed E-state index contributed by atoms with van der Waals surface area (Å²) in [6.45, 7) is 6.58. The van der Waals surface area contributed by atoms with Gasteiger partial charge in [0.25, 0.3) is 0 Å². The number of nitrogens with zero attached hydrogens (tertiary/aromatic N) is 7. The number of pyridine rings is 2. The van der Waals surface area contributed by atoms with Gasteiger partial charge in [0.15, 0.2) is 17.3 Å². The van der Waals surface area contributed by atoms with Crippen molar-refractivity contribution >= 4 is 17.0 Å². The highest BCUT2D eigenvalue weighted by Crippen LogP contribution is 2.38. The summed E-state index contributed by atoms with van der Waals surface area (Å²) >= 11 is 0. The first-order valence-electron chi connectivity index (χ1n) is 12.2. The van der Waals surface area contributed by atoms with Crippen molar-refractivity contribution in [3.8, 4) is 22.9 Å². The minimum atomic E-state index is 0.444. The number of nitrogens with two attached hydrogens (primary N) is 1. The van der Waals surface area contributed by atoms with Crippen molar-refractivity contribution in [1.82, 2.24) is 34.2 Å². The molecule has 4 heterocycles. The summed E-state index contributed by atoms with van der Waals surface area (Å²) in [4.78, 5) is 16.8. The summed E-state index contributed by atoms with van der Waals surface area (Å²) in [6, 6.07) is 16.9. The van der Waals surface area contributed by atoms with Crippen molar-refractivity contribution in [2.24, 2.45) is 0 Å². The molecule has 1 aliphatic carbocycles. The Bertz CT molecular complexity index is 1500. The number of fused-ring (bicyclic) bond motifs is 2. The number of aromatic nitrogens is 6. The lowest BCUT2D eigenvalue weighted by atomic mass is 10.1. The molecular formula is C27H28N8. The van der Waals surface area contributed by atoms with E-state index in [1.807, 2.05) is 36.5 Å². The third kappa shape index (κ3) is 3.57. The molecule has 8 nitrogen and oxygen atoms in total. The van der Waals surface area contributed by atoms with Gasteiger partial charge in [0, 0.05) is 30.3 Å². The van der Waals surface area contributed by atoms with Crippen LogP contribution in [0.2, 0.25) is 0 Å². The Balaban J connectivity index is 1.55. The lowest BCUT2D eigenvalue weighted by Gasteiger charge is -2.27. The Morgan fingerprint density at radius 1 is 1.03 bits per heavy atom. The van der Waals surface area contributed by atoms with Gasteiger partial charge in [-0.2, -0.15) is 5.10 Å². The Labute approximate surface area is 204 Å². The fourth-order valence-electron chi connectivity index (χ4n) is 5.28. The fourth-order valence-corrected chi connectivity index (χ4v) is 5.28. The van der Waals surface area contributed by atoms with Crippen LogP contribution in [0.15, 0.2) is 67.1 Å². The first-order valence-corrected chi connectivity index (χ1v) is 12.2. The summed E-state index contributed by atoms with van der Waals surface area (Å²) in [5.41, 5.74) is 12.5. The molecule has 0 fully saturated rings. The van der Waals surface area contributed by atoms with Crippen LogP contribution in [-0.4, -0.2) is 47.3 Å². The summed E-state index contributed by atoms with van der Waals surface area (Å²) in [5.74, 6) is 1.91. The molecule has 1 unspecified atom stereocenters. The second-order valence-electron chi connectivity index (χ2n) is 8.83. The number of imidazole rings is 1. The van der Waals surface area contributed by atoms with Crippen molar-refractivity contribution < 1.29 is 0 Å². The second-order valence-corrected chi connectivity index (χ2v) is 8.83. The highest BCUT2D eigenvalue weighted by atomic mass is 15.3. The fraction of sp³-hybridized carbons (Fsp3) is 0.259. The third-order valence-corrected chi connectivity index (χ3v) is 6.99. The molecular weight excluding hydrogens is 436 g/mol. The Hall–Kier alpha value is -4.04. The predicted octanol–water partition coefficient (Wildman–Crippen LogP) is 4.58. The van der Waals surface area contributed by atoms with E-state index in [9.17, 15) is 0 Å². The van der Waals surface area contributed by atoms with Gasteiger partial charge in [-0.3, -0.25) is 9.47 Å². The molecule has 6 rings (SSSR count). The van der Waals surface area contributed by atoms with E-state index in [1.165, 1.54) is 11.1 Å². The van der Waals surface area contributed by atoms with Crippen molar-refractivity contribution in [3.63, 3.8) is 0 Å². The first-order chi connectivity index (χ1) is 17.2. The van der Waals surface area contributed by atoms with Crippen LogP contribution >= 0.6 is 0 Å². The number of aryl methyl sites for hydroxylation is 1. The van der Waals surface area contributed by atoms with Crippen molar-refractivity contribution in [1.29, 1.82) is 0 Å². The van der Waals surface area contributed by atoms with Gasteiger partial charge in [-0.25, -0.2) is 19.6 Å². The van der Waals surface area contributed by atoms with E-state index in [0.29, 0.717) is 11.9 Å². The molecule has 8 heteroatoms. The molecule has 1 atom stereocenters. The monoisotopic (exact) mass is 464 g/mol. The van der Waals surface area contributed by atoms with E-state index < -0.39 is 0 Å². The Morgan fingerprint density at radius 3 is 2.69 bits per heavy atom. The number of hydrogen-bond donors (Lipinski definition) is 1. The molecule has 1 aliphatic rings. The average Bonchev–Trinajstić information content (AvgIpc) is 3.63. The molecule has 5 aromatic rings. The number of anilines is 1. The first kappa shape index (κ1) is 21.5. The molecule has 0 spiro atoms. The van der Waals surface area contributed by atoms with E-state index in [1.54, 1.807) is 17.1 Å². The molecule has 2 N–H and O–H groups in total. The van der Waals surface area contributed by atoms with Gasteiger partial charge >= 0.3 is 0 Å². The molecule has 4 aromatic heterocycles. The van der Waals surface area contributed by atoms with Gasteiger partial charge in [0.05, 0.1) is 5.56 Å². The van der Waals surface area contributed by atoms with Gasteiger partial charge in [-0.1, -0.05) is 19.9 Å². The van der Waals surface area contributed by atoms with Crippen LogP contribution < -0.4 is 5.73 Å². The maximum absolute atomic E-state index is 6.30. The quantitative estimate of drug-likeness (QED) is 0.396. The summed E-state index contributed by atoms with van der Waals surface area (Å²) in [5, 5.41) is 4.35. The minimum absolute atomic E-state index is 0.444. The van der Waals surface area contributed by atoms with Crippen molar-refractivity contribution in [2.45, 2.75) is 32.7 Å². The van der Waals surface area contributed by atoms with Crippen LogP contribution in [0.1, 0.15) is 37.4 Å². The van der Waals surface area contributed by atoms with Crippen LogP contribution in [0.3, 0.4) is 0 Å². The van der Waals surface area contributed by atoms with Gasteiger partial charge in [0.2, 0.25) is 0 Å². The van der Waals surface area contributed by atoms with E-state index in [-0.39, 0.29) is 0 Å². The topological polar surface area (TPSA) is 90.7 Å². The van der Waals surface area contributed by atoms with Crippen molar-refractivity contribution in [3.05, 3.63) is 78.2 Å². The van der Waals surface area contributed by atoms with E-state index >= 15 is 0 Å². The van der Waals surface area contributed by atoms with Gasteiger partial charge in [-0.15, -0.1) is 0 Å². The number of hydrogen-bond acceptors (Lipinski definition) is 6. The molecule has 35 heavy (non-hydrogen) atoms. The van der Waals surface area contributed by atoms with Gasteiger partial charge in [-0.05, 0) is 79.5 Å². The van der Waals surface area contributed by atoms with Crippen molar-refractivity contribution in [2.75, 3.05) is 18.8 Å². The number of benzene rings is 1. The minimum Gasteiger partial charge on any atom is -0.383 e. The highest BCUT2D eigenvalue weighted by molar-refractivity contribution is 5.83. The smallest absolute Gasteiger partial charge is 0.167 e. The zero-order valence-corrected chi connectivity index (χ0v) is 20.0. The van der Waals surface area contributed by atoms with Crippen LogP contribution in [-0.2, 0) is 6.42 Å². The molecule has 0 bridgehead atoms. The predicted molar refractivity (Wildman–Crippen MR) is 138 cm³/mol. The lowest BCUT2D eigenvalue weighted by Crippen LogP contribution is -2.26. The van der Waals surface area contributed by atoms with Crippen LogP contribution in [0.25, 0.3) is 34.1 Å². The van der Waals surface area contributed by atoms with Gasteiger partial charge < -0.3 is 5.73 Å². The van der Waals surface area contributed by atoms with Crippen LogP contribution in [0.4, 0.5) is 5.82 Å². The molecule has 0 saturated carbocycles.